The number of carbonyl (C=O) groups is 3. The molecule has 2 atom stereocenters. The van der Waals surface area contributed by atoms with Crippen molar-refractivity contribution in [3.63, 3.8) is 0 Å². The van der Waals surface area contributed by atoms with Crippen LogP contribution in [-0.2, 0) is 19.1 Å². The Morgan fingerprint density at radius 2 is 1.56 bits per heavy atom. The highest BCUT2D eigenvalue weighted by atomic mass is 16.5. The van der Waals surface area contributed by atoms with Crippen LogP contribution in [0.15, 0.2) is 11.6 Å². The van der Waals surface area contributed by atoms with Gasteiger partial charge in [-0.15, -0.1) is 0 Å². The number of ether oxygens (including phenoxy) is 1. The Kier molecular flexibility index (Phi) is 13.5. The number of esters is 1. The third-order valence-corrected chi connectivity index (χ3v) is 6.07. The summed E-state index contributed by atoms with van der Waals surface area (Å²) in [5, 5.41) is 6.42. The highest BCUT2D eigenvalue weighted by Gasteiger charge is 2.38. The molecule has 32 heavy (non-hydrogen) atoms. The second-order valence-electron chi connectivity index (χ2n) is 9.17. The Hall–Kier alpha value is -1.89. The van der Waals surface area contributed by atoms with Crippen molar-refractivity contribution in [1.29, 1.82) is 0 Å². The Balaban J connectivity index is 5.81. The predicted octanol–water partition coefficient (Wildman–Crippen LogP) is 3.68. The van der Waals surface area contributed by atoms with Crippen LogP contribution in [0.4, 0.5) is 0 Å². The fraction of sp³-hybridized carbons (Fsp3) is 0.800. The number of hydrogen-bond acceptors (Lipinski definition) is 5. The van der Waals surface area contributed by atoms with Gasteiger partial charge in [0.15, 0.2) is 0 Å². The van der Waals surface area contributed by atoms with E-state index in [9.17, 15) is 14.4 Å². The summed E-state index contributed by atoms with van der Waals surface area (Å²) in [6.45, 7) is 18.4. The van der Waals surface area contributed by atoms with Crippen LogP contribution in [0.2, 0.25) is 0 Å². The molecular formula is C25H47N3O4. The summed E-state index contributed by atoms with van der Waals surface area (Å²) < 4.78 is 5.08. The maximum atomic E-state index is 13.5. The molecule has 2 amide bonds. The molecule has 2 N–H and O–H groups in total. The van der Waals surface area contributed by atoms with Crippen molar-refractivity contribution >= 4 is 17.8 Å². The van der Waals surface area contributed by atoms with Gasteiger partial charge < -0.3 is 20.3 Å². The van der Waals surface area contributed by atoms with E-state index in [1.807, 2.05) is 41.5 Å². The Morgan fingerprint density at radius 3 is 1.97 bits per heavy atom. The minimum atomic E-state index is -0.695. The Bertz CT molecular complexity index is 639. The molecular weight excluding hydrogens is 406 g/mol. The molecule has 0 spiro atoms. The first-order chi connectivity index (χ1) is 14.9. The number of amides is 2. The minimum absolute atomic E-state index is 0.0773. The van der Waals surface area contributed by atoms with Crippen molar-refractivity contribution in [2.24, 2.45) is 11.8 Å². The van der Waals surface area contributed by atoms with Crippen molar-refractivity contribution in [1.82, 2.24) is 15.5 Å². The quantitative estimate of drug-likeness (QED) is 0.309. The summed E-state index contributed by atoms with van der Waals surface area (Å²) in [5.74, 6) is -0.708. The van der Waals surface area contributed by atoms with Crippen LogP contribution in [0.1, 0.15) is 81.6 Å². The summed E-state index contributed by atoms with van der Waals surface area (Å²) in [7, 11) is 1.73. The topological polar surface area (TPSA) is 87.7 Å². The minimum Gasteiger partial charge on any atom is -0.463 e. The lowest BCUT2D eigenvalue weighted by molar-refractivity contribution is -0.140. The van der Waals surface area contributed by atoms with E-state index in [1.54, 1.807) is 31.9 Å². The molecule has 0 rings (SSSR count). The predicted molar refractivity (Wildman–Crippen MR) is 130 cm³/mol. The van der Waals surface area contributed by atoms with Gasteiger partial charge in [-0.2, -0.15) is 0 Å². The second-order valence-corrected chi connectivity index (χ2v) is 9.17. The molecule has 0 aliphatic heterocycles. The van der Waals surface area contributed by atoms with Crippen LogP contribution >= 0.6 is 0 Å². The molecule has 0 saturated heterocycles. The van der Waals surface area contributed by atoms with Crippen LogP contribution < -0.4 is 10.6 Å². The van der Waals surface area contributed by atoms with Gasteiger partial charge in [0.25, 0.3) is 0 Å². The summed E-state index contributed by atoms with van der Waals surface area (Å²) >= 11 is 0. The standard InChI is InChI=1S/C25H47N3O4/c1-11-15-26-25(12-2,13-3)24(31)27-21(18(7)8)22(29)28(10)20(17(5)6)16-19(9)23(30)32-14-4/h16-18,20-21,26H,11-15H2,1-10H3,(H,27,31)/b19-16+/t20-,21?/m1/s1. The molecule has 0 fully saturated rings. The molecule has 0 aliphatic carbocycles. The smallest absolute Gasteiger partial charge is 0.333 e. The average Bonchev–Trinajstić information content (AvgIpc) is 2.75. The third kappa shape index (κ3) is 8.23. The monoisotopic (exact) mass is 453 g/mol. The largest absolute Gasteiger partial charge is 0.463 e. The number of likely N-dealkylation sites (N-methyl/N-ethyl adjacent to an activating group) is 1. The van der Waals surface area contributed by atoms with Gasteiger partial charge >= 0.3 is 5.97 Å². The van der Waals surface area contributed by atoms with Gasteiger partial charge in [-0.3, -0.25) is 9.59 Å². The van der Waals surface area contributed by atoms with Gasteiger partial charge in [0.05, 0.1) is 18.2 Å². The number of nitrogens with one attached hydrogen (secondary N) is 2. The maximum Gasteiger partial charge on any atom is 0.333 e. The molecule has 0 heterocycles. The van der Waals surface area contributed by atoms with Crippen molar-refractivity contribution < 1.29 is 19.1 Å². The fourth-order valence-electron chi connectivity index (χ4n) is 3.75. The Morgan fingerprint density at radius 1 is 1.00 bits per heavy atom. The number of carbonyl (C=O) groups excluding carboxylic acids is 3. The average molecular weight is 454 g/mol. The zero-order valence-corrected chi connectivity index (χ0v) is 22.0. The number of rotatable bonds is 14. The SMILES string of the molecule is CCCNC(CC)(CC)C(=O)NC(C(=O)N(C)[C@H](/C=C(\C)C(=O)OCC)C(C)C)C(C)C. The molecule has 0 radical (unpaired) electrons. The number of nitrogens with zero attached hydrogens (tertiary/aromatic N) is 1. The van der Waals surface area contributed by atoms with E-state index in [-0.39, 0.29) is 35.7 Å². The maximum absolute atomic E-state index is 13.5. The van der Waals surface area contributed by atoms with Crippen molar-refractivity contribution in [2.75, 3.05) is 20.2 Å². The molecule has 0 saturated carbocycles. The highest BCUT2D eigenvalue weighted by Crippen LogP contribution is 2.20. The summed E-state index contributed by atoms with van der Waals surface area (Å²) in [6.07, 6.45) is 3.98. The van der Waals surface area contributed by atoms with Crippen molar-refractivity contribution in [3.8, 4) is 0 Å². The second kappa shape index (κ2) is 14.3. The lowest BCUT2D eigenvalue weighted by Gasteiger charge is -2.37. The van der Waals surface area contributed by atoms with Gasteiger partial charge in [-0.1, -0.05) is 54.5 Å². The molecule has 0 aliphatic rings. The molecule has 7 nitrogen and oxygen atoms in total. The van der Waals surface area contributed by atoms with Gasteiger partial charge in [0.2, 0.25) is 11.8 Å². The van der Waals surface area contributed by atoms with Crippen molar-refractivity contribution in [2.45, 2.75) is 99.2 Å². The van der Waals surface area contributed by atoms with E-state index in [4.69, 9.17) is 4.74 Å². The molecule has 0 aromatic carbocycles. The molecule has 0 aromatic rings. The van der Waals surface area contributed by atoms with Crippen LogP contribution in [0.3, 0.4) is 0 Å². The first-order valence-electron chi connectivity index (χ1n) is 12.1. The fourth-order valence-corrected chi connectivity index (χ4v) is 3.75. The van der Waals surface area contributed by atoms with E-state index in [1.165, 1.54) is 0 Å². The van der Waals surface area contributed by atoms with Crippen molar-refractivity contribution in [3.05, 3.63) is 11.6 Å². The van der Waals surface area contributed by atoms with Gasteiger partial charge in [0.1, 0.15) is 6.04 Å². The Labute approximate surface area is 195 Å². The lowest BCUT2D eigenvalue weighted by atomic mass is 9.90. The van der Waals surface area contributed by atoms with Crippen LogP contribution in [0, 0.1) is 11.8 Å². The molecule has 186 valence electrons. The van der Waals surface area contributed by atoms with Crippen LogP contribution in [-0.4, -0.2) is 60.5 Å². The van der Waals surface area contributed by atoms with E-state index < -0.39 is 11.6 Å². The zero-order valence-electron chi connectivity index (χ0n) is 22.0. The van der Waals surface area contributed by atoms with E-state index >= 15 is 0 Å². The molecule has 7 heteroatoms. The first-order valence-corrected chi connectivity index (χ1v) is 12.1. The molecule has 1 unspecified atom stereocenters. The van der Waals surface area contributed by atoms with E-state index in [2.05, 4.69) is 17.6 Å². The summed E-state index contributed by atoms with van der Waals surface area (Å²) in [4.78, 5) is 40.5. The summed E-state index contributed by atoms with van der Waals surface area (Å²) in [6, 6.07) is -0.962. The van der Waals surface area contributed by atoms with Crippen LogP contribution in [0.25, 0.3) is 0 Å². The number of hydrogen-bond donors (Lipinski definition) is 2. The van der Waals surface area contributed by atoms with E-state index in [0.717, 1.165) is 13.0 Å². The third-order valence-electron chi connectivity index (χ3n) is 6.07. The van der Waals surface area contributed by atoms with Gasteiger partial charge in [-0.25, -0.2) is 4.79 Å². The lowest BCUT2D eigenvalue weighted by Crippen LogP contribution is -2.62. The molecule has 0 aromatic heterocycles. The normalized spacial score (nSPS) is 14.3. The molecule has 0 bridgehead atoms. The summed E-state index contributed by atoms with van der Waals surface area (Å²) in [5.41, 5.74) is -0.227. The van der Waals surface area contributed by atoms with Crippen LogP contribution in [0.5, 0.6) is 0 Å². The zero-order chi connectivity index (χ0) is 25.1. The first kappa shape index (κ1) is 30.1. The van der Waals surface area contributed by atoms with E-state index in [0.29, 0.717) is 25.0 Å². The van der Waals surface area contributed by atoms with Gasteiger partial charge in [-0.05, 0) is 51.5 Å². The highest BCUT2D eigenvalue weighted by molar-refractivity contribution is 5.92. The van der Waals surface area contributed by atoms with Gasteiger partial charge in [0, 0.05) is 12.6 Å².